The predicted octanol–water partition coefficient (Wildman–Crippen LogP) is 1.14. The van der Waals surface area contributed by atoms with Gasteiger partial charge in [-0.1, -0.05) is 20.8 Å². The molecule has 0 saturated carbocycles. The lowest BCUT2D eigenvalue weighted by molar-refractivity contribution is 0.543. The second-order valence-electron chi connectivity index (χ2n) is 3.29. The first kappa shape index (κ1) is 17.3. The van der Waals surface area contributed by atoms with Crippen LogP contribution in [-0.4, -0.2) is 32.4 Å². The van der Waals surface area contributed by atoms with Crippen molar-refractivity contribution in [2.75, 3.05) is 11.5 Å². The molecule has 0 heterocycles. The van der Waals surface area contributed by atoms with Gasteiger partial charge in [-0.15, -0.1) is 0 Å². The highest BCUT2D eigenvalue weighted by Gasteiger charge is 2.47. The molecule has 0 fully saturated rings. The molecule has 0 aliphatic heterocycles. The summed E-state index contributed by atoms with van der Waals surface area (Å²) in [6.07, 6.45) is 0.0966. The Hall–Kier alpha value is -0.140. The third-order valence-corrected chi connectivity index (χ3v) is 8.97. The van der Waals surface area contributed by atoms with Crippen LogP contribution in [0.25, 0.3) is 0 Å². The van der Waals surface area contributed by atoms with Gasteiger partial charge < -0.3 is 6.15 Å². The summed E-state index contributed by atoms with van der Waals surface area (Å²) in [7, 11) is -7.14. The quantitative estimate of drug-likeness (QED) is 0.797. The minimum Gasteiger partial charge on any atom is -0.344 e. The molecule has 0 unspecified atom stereocenters. The Morgan fingerprint density at radius 2 is 1.13 bits per heavy atom. The molecule has 0 radical (unpaired) electrons. The molecular formula is C8H21NO4S2. The van der Waals surface area contributed by atoms with Crippen LogP contribution < -0.4 is 6.15 Å². The molecule has 0 aromatic rings. The fourth-order valence-corrected chi connectivity index (χ4v) is 5.60. The molecule has 0 atom stereocenters. The van der Waals surface area contributed by atoms with Crippen LogP contribution in [0.4, 0.5) is 0 Å². The van der Waals surface area contributed by atoms with Gasteiger partial charge in [0, 0.05) is 11.5 Å². The van der Waals surface area contributed by atoms with Gasteiger partial charge in [-0.3, -0.25) is 0 Å². The van der Waals surface area contributed by atoms with E-state index in [-0.39, 0.29) is 24.1 Å². The lowest BCUT2D eigenvalue weighted by atomic mass is 10.4. The third kappa shape index (κ3) is 2.70. The number of hydrogen-bond acceptors (Lipinski definition) is 5. The molecule has 0 aromatic carbocycles. The average Bonchev–Trinajstić information content (AvgIpc) is 2.15. The highest BCUT2D eigenvalue weighted by molar-refractivity contribution is 8.10. The van der Waals surface area contributed by atoms with E-state index in [0.29, 0.717) is 0 Å². The normalized spacial score (nSPS) is 13.3. The first-order chi connectivity index (χ1) is 6.18. The zero-order valence-corrected chi connectivity index (χ0v) is 11.4. The summed E-state index contributed by atoms with van der Waals surface area (Å²) >= 11 is 0. The Bertz CT molecular complexity index is 349. The van der Waals surface area contributed by atoms with Crippen molar-refractivity contribution >= 4 is 19.7 Å². The van der Waals surface area contributed by atoms with Crippen molar-refractivity contribution in [1.82, 2.24) is 6.15 Å². The summed E-state index contributed by atoms with van der Waals surface area (Å²) in [5, 5.41) is 0. The monoisotopic (exact) mass is 259 g/mol. The van der Waals surface area contributed by atoms with Crippen LogP contribution in [0.1, 0.15) is 34.1 Å². The molecule has 0 aromatic heterocycles. The molecule has 15 heavy (non-hydrogen) atoms. The van der Waals surface area contributed by atoms with Gasteiger partial charge in [0.15, 0.2) is 23.8 Å². The van der Waals surface area contributed by atoms with E-state index in [0.717, 1.165) is 0 Å². The first-order valence-electron chi connectivity index (χ1n) is 4.63. The van der Waals surface area contributed by atoms with E-state index in [4.69, 9.17) is 0 Å². The maximum Gasteiger partial charge on any atom is 0.170 e. The maximum atomic E-state index is 11.7. The van der Waals surface area contributed by atoms with Crippen LogP contribution in [0.3, 0.4) is 0 Å². The van der Waals surface area contributed by atoms with Gasteiger partial charge in [0.25, 0.3) is 0 Å². The topological polar surface area (TPSA) is 103 Å². The van der Waals surface area contributed by atoms with Gasteiger partial charge in [-0.25, -0.2) is 16.8 Å². The molecule has 0 saturated heterocycles. The molecule has 0 aliphatic rings. The van der Waals surface area contributed by atoms with Crippen molar-refractivity contribution in [1.29, 1.82) is 0 Å². The second kappa shape index (κ2) is 5.27. The van der Waals surface area contributed by atoms with Crippen LogP contribution in [-0.2, 0) is 19.7 Å². The molecule has 0 aliphatic carbocycles. The van der Waals surface area contributed by atoms with Gasteiger partial charge in [-0.05, 0) is 13.3 Å². The van der Waals surface area contributed by atoms with Crippen LogP contribution in [0, 0.1) is 0 Å². The fourth-order valence-electron chi connectivity index (χ4n) is 1.24. The standard InChI is InChI=1S/C8H18O4S2.H3N/c1-5-8(4,13(9,10)6-2)14(11,12)7-3;/h5-7H2,1-4H3;1H3. The lowest BCUT2D eigenvalue weighted by Crippen LogP contribution is -2.44. The van der Waals surface area contributed by atoms with Crippen molar-refractivity contribution < 1.29 is 16.8 Å². The van der Waals surface area contributed by atoms with Crippen molar-refractivity contribution in [3.63, 3.8) is 0 Å². The summed E-state index contributed by atoms with van der Waals surface area (Å²) < 4.78 is 45.1. The number of hydrogen-bond donors (Lipinski definition) is 1. The molecule has 0 rings (SSSR count). The van der Waals surface area contributed by atoms with Crippen LogP contribution >= 0.6 is 0 Å². The van der Waals surface area contributed by atoms with E-state index in [1.165, 1.54) is 20.8 Å². The molecule has 7 heteroatoms. The Morgan fingerprint density at radius 1 is 0.867 bits per heavy atom. The van der Waals surface area contributed by atoms with Crippen LogP contribution in [0.5, 0.6) is 0 Å². The lowest BCUT2D eigenvalue weighted by Gasteiger charge is -2.26. The SMILES string of the molecule is CCC(C)(S(=O)(=O)CC)S(=O)(=O)CC.N. The van der Waals surface area contributed by atoms with Gasteiger partial charge in [0.2, 0.25) is 0 Å². The van der Waals surface area contributed by atoms with E-state index < -0.39 is 23.8 Å². The summed E-state index contributed by atoms with van der Waals surface area (Å²) in [4.78, 5) is 0. The molecule has 0 spiro atoms. The number of sulfone groups is 2. The highest BCUT2D eigenvalue weighted by Crippen LogP contribution is 2.29. The molecule has 3 N–H and O–H groups in total. The zero-order chi connectivity index (χ0) is 11.6. The Morgan fingerprint density at radius 3 is 1.27 bits per heavy atom. The van der Waals surface area contributed by atoms with Crippen molar-refractivity contribution in [3.05, 3.63) is 0 Å². The molecule has 0 bridgehead atoms. The van der Waals surface area contributed by atoms with Crippen molar-refractivity contribution in [3.8, 4) is 0 Å². The van der Waals surface area contributed by atoms with Crippen LogP contribution in [0.2, 0.25) is 0 Å². The van der Waals surface area contributed by atoms with Crippen LogP contribution in [0.15, 0.2) is 0 Å². The number of rotatable bonds is 5. The molecule has 0 amide bonds. The van der Waals surface area contributed by atoms with E-state index in [1.54, 1.807) is 6.92 Å². The summed E-state index contributed by atoms with van der Waals surface area (Å²) in [5.74, 6) is -0.285. The van der Waals surface area contributed by atoms with Crippen molar-refractivity contribution in [2.24, 2.45) is 0 Å². The summed E-state index contributed by atoms with van der Waals surface area (Å²) in [6, 6.07) is 0. The zero-order valence-electron chi connectivity index (χ0n) is 9.78. The molecular weight excluding hydrogens is 238 g/mol. The van der Waals surface area contributed by atoms with Gasteiger partial charge in [-0.2, -0.15) is 0 Å². The smallest absolute Gasteiger partial charge is 0.170 e. The predicted molar refractivity (Wildman–Crippen MR) is 62.6 cm³/mol. The molecule has 5 nitrogen and oxygen atoms in total. The third-order valence-electron chi connectivity index (χ3n) is 2.72. The fraction of sp³-hybridized carbons (Fsp3) is 1.00. The minimum atomic E-state index is -3.57. The summed E-state index contributed by atoms with van der Waals surface area (Å²) in [5.41, 5.74) is 0. The van der Waals surface area contributed by atoms with E-state index >= 15 is 0 Å². The molecule has 94 valence electrons. The van der Waals surface area contributed by atoms with Gasteiger partial charge >= 0.3 is 0 Å². The van der Waals surface area contributed by atoms with E-state index in [9.17, 15) is 16.8 Å². The minimum absolute atomic E-state index is 0. The van der Waals surface area contributed by atoms with Gasteiger partial charge in [0.05, 0.1) is 0 Å². The Labute approximate surface area is 92.7 Å². The summed E-state index contributed by atoms with van der Waals surface area (Å²) in [6.45, 7) is 5.81. The Balaban J connectivity index is 0. The van der Waals surface area contributed by atoms with E-state index in [2.05, 4.69) is 0 Å². The second-order valence-corrected chi connectivity index (χ2v) is 8.97. The van der Waals surface area contributed by atoms with Crippen molar-refractivity contribution in [2.45, 2.75) is 38.2 Å². The largest absolute Gasteiger partial charge is 0.344 e. The Kier molecular flexibility index (Phi) is 6.06. The van der Waals surface area contributed by atoms with Gasteiger partial charge in [0.1, 0.15) is 0 Å². The first-order valence-corrected chi connectivity index (χ1v) is 7.93. The van der Waals surface area contributed by atoms with E-state index in [1.807, 2.05) is 0 Å². The average molecular weight is 259 g/mol. The highest BCUT2D eigenvalue weighted by atomic mass is 32.3. The maximum absolute atomic E-state index is 11.7.